The van der Waals surface area contributed by atoms with Gasteiger partial charge in [0.05, 0.1) is 0 Å². The summed E-state index contributed by atoms with van der Waals surface area (Å²) in [7, 11) is 0. The monoisotopic (exact) mass is 290 g/mol. The zero-order valence-electron chi connectivity index (χ0n) is 12.8. The fraction of sp³-hybridized carbons (Fsp3) is 0.812. The van der Waals surface area contributed by atoms with E-state index in [1.807, 2.05) is 0 Å². The van der Waals surface area contributed by atoms with Gasteiger partial charge >= 0.3 is 0 Å². The fourth-order valence-corrected chi connectivity index (χ4v) is 3.54. The van der Waals surface area contributed by atoms with E-state index in [9.17, 15) is 0 Å². The Balaban J connectivity index is 1.27. The van der Waals surface area contributed by atoms with Crippen molar-refractivity contribution in [1.29, 1.82) is 0 Å². The highest BCUT2D eigenvalue weighted by molar-refractivity contribution is 5.41. The summed E-state index contributed by atoms with van der Waals surface area (Å²) in [6.45, 7) is 7.73. The third kappa shape index (κ3) is 3.24. The van der Waals surface area contributed by atoms with Crippen LogP contribution in [0.15, 0.2) is 6.07 Å². The van der Waals surface area contributed by atoms with Crippen molar-refractivity contribution in [2.24, 2.45) is 5.92 Å². The van der Waals surface area contributed by atoms with Gasteiger partial charge in [-0.05, 0) is 31.6 Å². The maximum absolute atomic E-state index is 5.45. The Labute approximate surface area is 126 Å². The number of aromatic nitrogens is 2. The molecule has 3 aliphatic rings. The van der Waals surface area contributed by atoms with E-state index < -0.39 is 0 Å². The number of ether oxygens (including phenoxy) is 1. The van der Waals surface area contributed by atoms with Crippen molar-refractivity contribution in [2.75, 3.05) is 50.8 Å². The molecule has 0 radical (unpaired) electrons. The number of nitrogens with zero attached hydrogens (tertiary/aromatic N) is 3. The Hall–Kier alpha value is -1.07. The molecule has 2 aliphatic heterocycles. The van der Waals surface area contributed by atoms with Crippen LogP contribution in [0, 0.1) is 5.92 Å². The SMILES string of the molecule is c1c(N2CCN(CC3CCOCC3)CC2)n[nH]c1C1CC1. The molecule has 2 saturated heterocycles. The van der Waals surface area contributed by atoms with Gasteiger partial charge in [-0.1, -0.05) is 0 Å². The van der Waals surface area contributed by atoms with Crippen LogP contribution in [0.25, 0.3) is 0 Å². The minimum atomic E-state index is 0.765. The first-order chi connectivity index (χ1) is 10.4. The fourth-order valence-electron chi connectivity index (χ4n) is 3.54. The number of nitrogens with one attached hydrogen (secondary N) is 1. The second-order valence-corrected chi connectivity index (χ2v) is 6.80. The zero-order valence-corrected chi connectivity index (χ0v) is 12.8. The third-order valence-corrected chi connectivity index (χ3v) is 5.15. The van der Waals surface area contributed by atoms with E-state index in [4.69, 9.17) is 4.74 Å². The highest BCUT2D eigenvalue weighted by atomic mass is 16.5. The largest absolute Gasteiger partial charge is 0.381 e. The van der Waals surface area contributed by atoms with E-state index in [-0.39, 0.29) is 0 Å². The number of H-pyrrole nitrogens is 1. The van der Waals surface area contributed by atoms with Crippen LogP contribution >= 0.6 is 0 Å². The molecule has 1 N–H and O–H groups in total. The first-order valence-electron chi connectivity index (χ1n) is 8.49. The second kappa shape index (κ2) is 5.97. The topological polar surface area (TPSA) is 44.4 Å². The van der Waals surface area contributed by atoms with Crippen LogP contribution in [0.1, 0.15) is 37.3 Å². The standard InChI is InChI=1S/C16H26N4O/c1-2-14(1)15-11-16(18-17-15)20-7-5-19(6-8-20)12-13-3-9-21-10-4-13/h11,13-14H,1-10,12H2,(H,17,18). The number of anilines is 1. The molecule has 5 nitrogen and oxygen atoms in total. The van der Waals surface area contributed by atoms with Crippen molar-refractivity contribution in [3.63, 3.8) is 0 Å². The zero-order chi connectivity index (χ0) is 14.1. The summed E-state index contributed by atoms with van der Waals surface area (Å²) < 4.78 is 5.45. The molecule has 0 bridgehead atoms. The van der Waals surface area contributed by atoms with Crippen LogP contribution < -0.4 is 4.90 Å². The molecule has 1 aliphatic carbocycles. The highest BCUT2D eigenvalue weighted by Crippen LogP contribution is 2.39. The lowest BCUT2D eigenvalue weighted by molar-refractivity contribution is 0.0517. The summed E-state index contributed by atoms with van der Waals surface area (Å²) in [6.07, 6.45) is 5.15. The van der Waals surface area contributed by atoms with E-state index in [0.29, 0.717) is 0 Å². The Morgan fingerprint density at radius 2 is 1.86 bits per heavy atom. The lowest BCUT2D eigenvalue weighted by Gasteiger charge is -2.37. The van der Waals surface area contributed by atoms with Crippen molar-refractivity contribution in [3.8, 4) is 0 Å². The molecular weight excluding hydrogens is 264 g/mol. The quantitative estimate of drug-likeness (QED) is 0.919. The van der Waals surface area contributed by atoms with Gasteiger partial charge in [0, 0.05) is 63.6 Å². The van der Waals surface area contributed by atoms with Gasteiger partial charge in [-0.15, -0.1) is 0 Å². The van der Waals surface area contributed by atoms with Crippen molar-refractivity contribution in [3.05, 3.63) is 11.8 Å². The van der Waals surface area contributed by atoms with Crippen LogP contribution in [0.2, 0.25) is 0 Å². The normalized spacial score (nSPS) is 25.4. The van der Waals surface area contributed by atoms with Gasteiger partial charge in [0.1, 0.15) is 0 Å². The van der Waals surface area contributed by atoms with Gasteiger partial charge in [0.2, 0.25) is 0 Å². The molecule has 4 rings (SSSR count). The molecule has 0 atom stereocenters. The van der Waals surface area contributed by atoms with Gasteiger partial charge < -0.3 is 9.64 Å². The van der Waals surface area contributed by atoms with Gasteiger partial charge in [-0.25, -0.2) is 0 Å². The van der Waals surface area contributed by atoms with Crippen LogP contribution in [-0.2, 0) is 4.74 Å². The Morgan fingerprint density at radius 1 is 1.10 bits per heavy atom. The summed E-state index contributed by atoms with van der Waals surface area (Å²) in [5.41, 5.74) is 1.34. The van der Waals surface area contributed by atoms with E-state index in [2.05, 4.69) is 26.1 Å². The average molecular weight is 290 g/mol. The predicted octanol–water partition coefficient (Wildman–Crippen LogP) is 1.84. The molecule has 1 saturated carbocycles. The van der Waals surface area contributed by atoms with Crippen molar-refractivity contribution in [1.82, 2.24) is 15.1 Å². The molecule has 1 aromatic rings. The summed E-state index contributed by atoms with van der Waals surface area (Å²) in [6, 6.07) is 2.27. The van der Waals surface area contributed by atoms with Crippen molar-refractivity contribution in [2.45, 2.75) is 31.6 Å². The van der Waals surface area contributed by atoms with Crippen LogP contribution in [0.4, 0.5) is 5.82 Å². The minimum Gasteiger partial charge on any atom is -0.381 e. The molecule has 3 fully saturated rings. The maximum Gasteiger partial charge on any atom is 0.150 e. The molecule has 21 heavy (non-hydrogen) atoms. The molecule has 0 amide bonds. The van der Waals surface area contributed by atoms with E-state index in [0.717, 1.165) is 44.0 Å². The highest BCUT2D eigenvalue weighted by Gasteiger charge is 2.27. The summed E-state index contributed by atoms with van der Waals surface area (Å²) in [5, 5.41) is 7.73. The average Bonchev–Trinajstić information content (AvgIpc) is 3.27. The second-order valence-electron chi connectivity index (χ2n) is 6.80. The summed E-state index contributed by atoms with van der Waals surface area (Å²) in [5.74, 6) is 2.76. The Bertz CT molecular complexity index is 457. The van der Waals surface area contributed by atoms with Crippen molar-refractivity contribution < 1.29 is 4.74 Å². The molecule has 116 valence electrons. The molecule has 0 unspecified atom stereocenters. The smallest absolute Gasteiger partial charge is 0.150 e. The molecule has 1 aromatic heterocycles. The molecular formula is C16H26N4O. The van der Waals surface area contributed by atoms with Gasteiger partial charge in [0.15, 0.2) is 5.82 Å². The third-order valence-electron chi connectivity index (χ3n) is 5.15. The lowest BCUT2D eigenvalue weighted by atomic mass is 9.99. The van der Waals surface area contributed by atoms with Crippen LogP contribution in [0.5, 0.6) is 0 Å². The first-order valence-corrected chi connectivity index (χ1v) is 8.49. The first kappa shape index (κ1) is 13.6. The van der Waals surface area contributed by atoms with Gasteiger partial charge in [-0.2, -0.15) is 5.10 Å². The predicted molar refractivity (Wildman–Crippen MR) is 82.8 cm³/mol. The number of hydrogen-bond donors (Lipinski definition) is 1. The molecule has 0 aromatic carbocycles. The number of aromatic amines is 1. The lowest BCUT2D eigenvalue weighted by Crippen LogP contribution is -2.48. The summed E-state index contributed by atoms with van der Waals surface area (Å²) >= 11 is 0. The Morgan fingerprint density at radius 3 is 2.57 bits per heavy atom. The van der Waals surface area contributed by atoms with Gasteiger partial charge in [-0.3, -0.25) is 10.00 Å². The number of piperazine rings is 1. The number of rotatable bonds is 4. The maximum atomic E-state index is 5.45. The van der Waals surface area contributed by atoms with Crippen molar-refractivity contribution >= 4 is 5.82 Å². The van der Waals surface area contributed by atoms with E-state index in [1.54, 1.807) is 0 Å². The molecule has 5 heteroatoms. The Kier molecular flexibility index (Phi) is 3.86. The summed E-state index contributed by atoms with van der Waals surface area (Å²) in [4.78, 5) is 5.06. The molecule has 3 heterocycles. The van der Waals surface area contributed by atoms with Gasteiger partial charge in [0.25, 0.3) is 0 Å². The minimum absolute atomic E-state index is 0.765. The van der Waals surface area contributed by atoms with Crippen LogP contribution in [-0.4, -0.2) is 61.0 Å². The molecule has 0 spiro atoms. The van der Waals surface area contributed by atoms with E-state index >= 15 is 0 Å². The van der Waals surface area contributed by atoms with Crippen LogP contribution in [0.3, 0.4) is 0 Å². The number of hydrogen-bond acceptors (Lipinski definition) is 4. The van der Waals surface area contributed by atoms with E-state index in [1.165, 1.54) is 51.0 Å².